The first-order chi connectivity index (χ1) is 71.5. The fourth-order valence-electron chi connectivity index (χ4n) is 20.7. The molecule has 0 aliphatic rings. The summed E-state index contributed by atoms with van der Waals surface area (Å²) in [7, 11) is 0. The van der Waals surface area contributed by atoms with Crippen molar-refractivity contribution in [3.8, 4) is 125 Å². The SMILES string of the molecule is c1ccc(-c2ccc(-c3nc(-c4ccccc4)nc(-n4c5ncccc5c5ccc6c(c7ccccc7n6-c6ccccc6)c54)n3)cc2)cc1.c1ccc(-c2ccc(-n3c4ccccc4c4c3ccc3c5cccnc5n(-c5nc(-c6ccccc6)nc(-c6ccccc6)n5)c34)cc2)cc1.c1ccc(-c2nc(-c3ccccc3)nc(-n3c4ncccc4c4ccc5c(c6ccccc6n5-c5ccccc5)c43)n2)cc1. The Morgan fingerprint density at radius 1 is 0.132 bits per heavy atom. The van der Waals surface area contributed by atoms with E-state index in [2.05, 4.69) is 313 Å². The maximum absolute atomic E-state index is 5.22. The first kappa shape index (κ1) is 83.4. The monoisotopic (exact) mass is 1840 g/mol. The van der Waals surface area contributed by atoms with Crippen molar-refractivity contribution < 1.29 is 0 Å². The molecule has 0 fully saturated rings. The second kappa shape index (κ2) is 35.2. The van der Waals surface area contributed by atoms with Crippen LogP contribution in [-0.2, 0) is 0 Å². The lowest BCUT2D eigenvalue weighted by Gasteiger charge is -2.11. The van der Waals surface area contributed by atoms with Crippen LogP contribution in [0.1, 0.15) is 0 Å². The van der Waals surface area contributed by atoms with E-state index in [0.717, 1.165) is 193 Å². The fourth-order valence-corrected chi connectivity index (χ4v) is 20.7. The molecule has 0 bridgehead atoms. The smallest absolute Gasteiger partial charge is 0.240 e. The summed E-state index contributed by atoms with van der Waals surface area (Å²) in [5.74, 6) is 5.19. The van der Waals surface area contributed by atoms with Crippen LogP contribution in [0.5, 0.6) is 0 Å². The molecule has 17 aromatic carbocycles. The highest BCUT2D eigenvalue weighted by molar-refractivity contribution is 6.29. The Kier molecular flexibility index (Phi) is 20.4. The minimum absolute atomic E-state index is 0.517. The van der Waals surface area contributed by atoms with Crippen molar-refractivity contribution in [3.05, 3.63) is 486 Å². The highest BCUT2D eigenvalue weighted by Gasteiger charge is 2.30. The summed E-state index contributed by atoms with van der Waals surface area (Å²) in [6.45, 7) is 0. The van der Waals surface area contributed by atoms with Gasteiger partial charge in [0.05, 0.1) is 49.7 Å². The largest absolute Gasteiger partial charge is 0.309 e. The lowest BCUT2D eigenvalue weighted by Crippen LogP contribution is -2.07. The predicted octanol–water partition coefficient (Wildman–Crippen LogP) is 29.7. The van der Waals surface area contributed by atoms with Crippen molar-refractivity contribution in [2.45, 2.75) is 0 Å². The molecule has 0 unspecified atom stereocenters. The van der Waals surface area contributed by atoms with Crippen LogP contribution in [0.4, 0.5) is 0 Å². The summed E-state index contributed by atoms with van der Waals surface area (Å²) in [6.07, 6.45) is 5.51. The maximum Gasteiger partial charge on any atom is 0.240 e. The Morgan fingerprint density at radius 3 is 0.618 bits per heavy atom. The van der Waals surface area contributed by atoms with Gasteiger partial charge in [-0.05, 0) is 150 Å². The molecular formula is C126H80N18. The summed E-state index contributed by atoms with van der Waals surface area (Å²) < 4.78 is 13.4. The molecule has 0 spiro atoms. The summed E-state index contributed by atoms with van der Waals surface area (Å²) in [5.41, 5.74) is 25.6. The Bertz CT molecular complexity index is 9860. The molecule has 18 nitrogen and oxygen atoms in total. The van der Waals surface area contributed by atoms with Crippen molar-refractivity contribution >= 4 is 131 Å². The van der Waals surface area contributed by atoms with Gasteiger partial charge in [0.1, 0.15) is 16.9 Å². The number of pyridine rings is 3. The molecule has 29 rings (SSSR count). The van der Waals surface area contributed by atoms with Gasteiger partial charge in [-0.15, -0.1) is 0 Å². The number of hydrogen-bond donors (Lipinski definition) is 0. The molecular weight excluding hydrogens is 1770 g/mol. The molecule has 0 atom stereocenters. The van der Waals surface area contributed by atoms with Crippen LogP contribution in [0.2, 0.25) is 0 Å². The quantitative estimate of drug-likeness (QED) is 0.100. The van der Waals surface area contributed by atoms with Crippen LogP contribution >= 0.6 is 0 Å². The number of aromatic nitrogens is 18. The van der Waals surface area contributed by atoms with Crippen LogP contribution in [0.3, 0.4) is 0 Å². The highest BCUT2D eigenvalue weighted by atomic mass is 15.2. The van der Waals surface area contributed by atoms with E-state index in [1.165, 1.54) is 11.1 Å². The average molecular weight is 1850 g/mol. The minimum Gasteiger partial charge on any atom is -0.309 e. The average Bonchev–Trinajstić information content (AvgIpc) is 1.55. The standard InChI is InChI=1S/2C44H28N6.C38H24N6/c1-4-13-29(14-5-1)30-22-24-32(25-23-30)42-46-41(31-15-6-2-7-16-31)47-44(48-42)50-40-34(35-20-12-28-45-43(35)50)26-27-38-39(40)36-19-10-11-21-37(36)49(38)33-17-8-3-9-18-33;1-4-13-29(14-5-1)30-22-24-33(25-23-30)49-37-21-11-10-19-36(37)39-38(49)27-26-34-35-20-12-28-45-43(35)50(40(34)39)44-47-41(31-15-6-2-7-16-31)46-42(48-44)32-17-8-3-9-18-32;1-4-13-25(14-5-1)35-40-36(26-15-6-2-7-16-26)42-38(41-35)44-34-28(29-20-12-24-39-37(29)44)22-23-32-33(34)30-19-10-11-21-31(30)43(32)27-17-8-3-9-18-27/h2*1-28H;1-24H. The number of rotatable bonds is 14. The Hall–Kier alpha value is -20.0. The van der Waals surface area contributed by atoms with E-state index in [0.29, 0.717) is 52.8 Å². The molecule has 0 saturated heterocycles. The molecule has 0 aliphatic carbocycles. The van der Waals surface area contributed by atoms with Gasteiger partial charge in [0.25, 0.3) is 0 Å². The van der Waals surface area contributed by atoms with Crippen LogP contribution in [0, 0.1) is 0 Å². The van der Waals surface area contributed by atoms with E-state index >= 15 is 0 Å². The summed E-state index contributed by atoms with van der Waals surface area (Å²) in [4.78, 5) is 60.7. The normalized spacial score (nSPS) is 11.6. The number of hydrogen-bond acceptors (Lipinski definition) is 12. The predicted molar refractivity (Wildman–Crippen MR) is 582 cm³/mol. The van der Waals surface area contributed by atoms with E-state index in [4.69, 9.17) is 59.8 Å². The van der Waals surface area contributed by atoms with E-state index in [9.17, 15) is 0 Å². The maximum atomic E-state index is 5.22. The van der Waals surface area contributed by atoms with Gasteiger partial charge in [0.2, 0.25) is 17.8 Å². The van der Waals surface area contributed by atoms with Crippen LogP contribution < -0.4 is 0 Å². The van der Waals surface area contributed by atoms with Gasteiger partial charge >= 0.3 is 0 Å². The zero-order chi connectivity index (χ0) is 95.1. The van der Waals surface area contributed by atoms with Gasteiger partial charge in [-0.1, -0.05) is 340 Å². The number of fused-ring (bicyclic) bond motifs is 21. The van der Waals surface area contributed by atoms with Crippen LogP contribution in [0.15, 0.2) is 486 Å². The van der Waals surface area contributed by atoms with Crippen molar-refractivity contribution in [2.24, 2.45) is 0 Å². The van der Waals surface area contributed by atoms with Crippen molar-refractivity contribution in [3.63, 3.8) is 0 Å². The van der Waals surface area contributed by atoms with E-state index < -0.39 is 0 Å². The molecule has 0 N–H and O–H groups in total. The van der Waals surface area contributed by atoms with Crippen molar-refractivity contribution in [2.75, 3.05) is 0 Å². The molecule has 18 heteroatoms. The second-order valence-electron chi connectivity index (χ2n) is 35.5. The van der Waals surface area contributed by atoms with Crippen LogP contribution in [0.25, 0.3) is 257 Å². The van der Waals surface area contributed by atoms with Gasteiger partial charge < -0.3 is 13.7 Å². The number of benzene rings is 17. The Balaban J connectivity index is 0.000000108. The number of nitrogens with zero attached hydrogens (tertiary/aromatic N) is 18. The van der Waals surface area contributed by atoms with Gasteiger partial charge in [0, 0.05) is 134 Å². The lowest BCUT2D eigenvalue weighted by molar-refractivity contribution is 0.945. The van der Waals surface area contributed by atoms with Gasteiger partial charge in [0.15, 0.2) is 34.9 Å². The first-order valence-corrected chi connectivity index (χ1v) is 47.9. The van der Waals surface area contributed by atoms with Gasteiger partial charge in [-0.2, -0.15) is 29.9 Å². The zero-order valence-corrected chi connectivity index (χ0v) is 77.2. The molecule has 0 amide bonds. The molecule has 674 valence electrons. The van der Waals surface area contributed by atoms with E-state index in [1.54, 1.807) is 0 Å². The molecule has 29 aromatic rings. The van der Waals surface area contributed by atoms with E-state index in [-0.39, 0.29) is 0 Å². The summed E-state index contributed by atoms with van der Waals surface area (Å²) in [5, 5.41) is 13.2. The van der Waals surface area contributed by atoms with Crippen molar-refractivity contribution in [1.82, 2.24) is 87.2 Å². The first-order valence-electron chi connectivity index (χ1n) is 47.9. The fraction of sp³-hybridized carbons (Fsp3) is 0. The molecule has 0 radical (unpaired) electrons. The topological polar surface area (TPSA) is 184 Å². The Morgan fingerprint density at radius 2 is 0.340 bits per heavy atom. The van der Waals surface area contributed by atoms with E-state index in [1.807, 2.05) is 201 Å². The van der Waals surface area contributed by atoms with Crippen LogP contribution in [-0.4, -0.2) is 87.2 Å². The summed E-state index contributed by atoms with van der Waals surface area (Å²) in [6, 6.07) is 161. The third-order valence-corrected chi connectivity index (χ3v) is 27.1. The molecule has 0 aliphatic heterocycles. The summed E-state index contributed by atoms with van der Waals surface area (Å²) >= 11 is 0. The lowest BCUT2D eigenvalue weighted by atomic mass is 10.0. The highest BCUT2D eigenvalue weighted by Crippen LogP contribution is 2.47. The van der Waals surface area contributed by atoms with Gasteiger partial charge in [-0.25, -0.2) is 29.9 Å². The number of para-hydroxylation sites is 5. The zero-order valence-electron chi connectivity index (χ0n) is 77.2. The third-order valence-electron chi connectivity index (χ3n) is 27.1. The Labute approximate surface area is 824 Å². The van der Waals surface area contributed by atoms with Crippen molar-refractivity contribution in [1.29, 1.82) is 0 Å². The second-order valence-corrected chi connectivity index (χ2v) is 35.5. The van der Waals surface area contributed by atoms with Gasteiger partial charge in [-0.3, -0.25) is 13.7 Å². The molecule has 12 heterocycles. The minimum atomic E-state index is 0.517. The molecule has 0 saturated carbocycles. The molecule has 144 heavy (non-hydrogen) atoms. The molecule has 12 aromatic heterocycles. The third kappa shape index (κ3) is 14.3.